The second-order valence-corrected chi connectivity index (χ2v) is 22.4. The molecule has 0 spiro atoms. The number of hydrogen-bond acceptors (Lipinski definition) is 2. The lowest BCUT2D eigenvalue weighted by molar-refractivity contribution is 1.01. The molecule has 4 aromatic carbocycles. The summed E-state index contributed by atoms with van der Waals surface area (Å²) in [5.41, 5.74) is 11.1. The summed E-state index contributed by atoms with van der Waals surface area (Å²) in [6.45, 7) is 21.2. The van der Waals surface area contributed by atoms with Crippen molar-refractivity contribution in [3.63, 3.8) is 0 Å². The molecule has 0 amide bonds. The monoisotopic (exact) mass is 545 g/mol. The van der Waals surface area contributed by atoms with Crippen molar-refractivity contribution >= 4 is 44.1 Å². The van der Waals surface area contributed by atoms with E-state index in [1.165, 1.54) is 44.8 Å². The molecule has 0 unspecified atom stereocenters. The number of aryl methyl sites for hydroxylation is 6. The van der Waals surface area contributed by atoms with E-state index in [1.807, 2.05) is 0 Å². The van der Waals surface area contributed by atoms with Crippen LogP contribution in [0.3, 0.4) is 0 Å². The van der Waals surface area contributed by atoms with Crippen molar-refractivity contribution in [1.82, 2.24) is 0 Å². The number of rotatable bonds is 6. The molecular weight excluding hydrogens is 503 g/mol. The fraction of sp³-hybridized carbons (Fsp3) is 0.294. The smallest absolute Gasteiger partial charge is 0.364 e. The third kappa shape index (κ3) is 4.70. The van der Waals surface area contributed by atoms with E-state index in [1.54, 1.807) is 10.4 Å². The van der Waals surface area contributed by atoms with Crippen LogP contribution in [0.25, 0.3) is 0 Å². The average Bonchev–Trinajstić information content (AvgIpc) is 3.28. The quantitative estimate of drug-likeness (QED) is 0.254. The molecule has 0 aromatic heterocycles. The summed E-state index contributed by atoms with van der Waals surface area (Å²) < 4.78 is 0. The first-order valence-electron chi connectivity index (χ1n) is 14.3. The van der Waals surface area contributed by atoms with Crippen LogP contribution < -0.4 is 20.0 Å². The summed E-state index contributed by atoms with van der Waals surface area (Å²) in [6.07, 6.45) is 0. The summed E-state index contributed by atoms with van der Waals surface area (Å²) in [5.74, 6) is 0. The van der Waals surface area contributed by atoms with E-state index in [0.717, 1.165) is 13.1 Å². The highest BCUT2D eigenvalue weighted by Gasteiger charge is 2.59. The van der Waals surface area contributed by atoms with E-state index in [9.17, 15) is 0 Å². The number of benzene rings is 4. The first-order valence-corrected chi connectivity index (χ1v) is 19.8. The van der Waals surface area contributed by atoms with E-state index < -0.39 is 15.8 Å². The van der Waals surface area contributed by atoms with Crippen molar-refractivity contribution in [2.24, 2.45) is 0 Å². The summed E-state index contributed by atoms with van der Waals surface area (Å²) in [7, 11) is -3.16. The van der Waals surface area contributed by atoms with Crippen LogP contribution in [0.5, 0.6) is 0 Å². The Morgan fingerprint density at radius 1 is 0.564 bits per heavy atom. The van der Waals surface area contributed by atoms with E-state index in [-0.39, 0.29) is 6.57 Å². The highest BCUT2D eigenvalue weighted by atomic mass is 29.2. The zero-order valence-corrected chi connectivity index (χ0v) is 27.0. The van der Waals surface area contributed by atoms with Crippen molar-refractivity contribution in [3.8, 4) is 0 Å². The van der Waals surface area contributed by atoms with E-state index in [2.05, 4.69) is 149 Å². The zero-order chi connectivity index (χ0) is 27.9. The van der Waals surface area contributed by atoms with Crippen LogP contribution >= 0.6 is 0 Å². The van der Waals surface area contributed by atoms with Crippen molar-refractivity contribution in [2.75, 3.05) is 22.7 Å². The number of anilines is 2. The summed E-state index contributed by atoms with van der Waals surface area (Å²) in [5, 5.41) is 3.11. The minimum Gasteiger partial charge on any atom is -0.396 e. The van der Waals surface area contributed by atoms with Crippen LogP contribution in [0.1, 0.15) is 33.4 Å². The van der Waals surface area contributed by atoms with Gasteiger partial charge in [-0.1, -0.05) is 120 Å². The van der Waals surface area contributed by atoms with Crippen LogP contribution in [0.2, 0.25) is 13.1 Å². The van der Waals surface area contributed by atoms with Crippen LogP contribution in [-0.2, 0) is 0 Å². The topological polar surface area (TPSA) is 6.48 Å². The predicted molar refractivity (Wildman–Crippen MR) is 177 cm³/mol. The molecule has 0 bridgehead atoms. The van der Waals surface area contributed by atoms with Crippen molar-refractivity contribution < 1.29 is 0 Å². The minimum atomic E-state index is -2.35. The highest BCUT2D eigenvalue weighted by Crippen LogP contribution is 2.38. The SMILES string of the molecule is Cc1cc(C)c(N2CCN(c3c(C)cc(C)cc3C)B2[Si](c2ccccc2)(c2ccccc2)[Si](C)C)c(C)c1. The molecule has 0 aliphatic carbocycles. The molecule has 0 atom stereocenters. The van der Waals surface area contributed by atoms with Gasteiger partial charge in [0.25, 0.3) is 0 Å². The van der Waals surface area contributed by atoms with E-state index in [4.69, 9.17) is 0 Å². The second-order valence-electron chi connectivity index (χ2n) is 11.8. The normalized spacial score (nSPS) is 14.0. The Morgan fingerprint density at radius 2 is 0.897 bits per heavy atom. The van der Waals surface area contributed by atoms with Crippen LogP contribution in [0.15, 0.2) is 84.9 Å². The molecule has 199 valence electrons. The minimum absolute atomic E-state index is 0.284. The lowest BCUT2D eigenvalue weighted by Gasteiger charge is -2.47. The molecule has 1 aliphatic heterocycles. The van der Waals surface area contributed by atoms with E-state index in [0.29, 0.717) is 0 Å². The Kier molecular flexibility index (Phi) is 7.67. The van der Waals surface area contributed by atoms with Gasteiger partial charge in [0.05, 0.1) is 0 Å². The fourth-order valence-corrected chi connectivity index (χ4v) is 20.0. The van der Waals surface area contributed by atoms with Gasteiger partial charge in [-0.25, -0.2) is 0 Å². The molecule has 1 radical (unpaired) electrons. The maximum atomic E-state index is 2.83. The molecule has 0 saturated carbocycles. The molecule has 39 heavy (non-hydrogen) atoms. The van der Waals surface area contributed by atoms with Gasteiger partial charge in [-0.2, -0.15) is 0 Å². The Labute approximate surface area is 239 Å². The van der Waals surface area contributed by atoms with E-state index >= 15 is 0 Å². The molecule has 1 saturated heterocycles. The van der Waals surface area contributed by atoms with Gasteiger partial charge in [0.1, 0.15) is 7.46 Å². The van der Waals surface area contributed by atoms with Gasteiger partial charge in [-0.3, -0.25) is 0 Å². The standard InChI is InChI=1S/C34H42BN2Si2/c1-25-21-27(3)33(28(4)22-25)36-19-20-37(34-29(5)23-26(2)24-30(34)6)35(36)39(38(7)8,31-15-11-9-12-16-31)32-17-13-10-14-18-32/h9-18,21-24H,19-20H2,1-8H3. The third-order valence-electron chi connectivity index (χ3n) is 8.65. The molecule has 1 aliphatic rings. The maximum absolute atomic E-state index is 2.83. The molecule has 5 heteroatoms. The lowest BCUT2D eigenvalue weighted by Crippen LogP contribution is -2.83. The molecule has 5 rings (SSSR count). The summed E-state index contributed by atoms with van der Waals surface area (Å²) >= 11 is 0. The van der Waals surface area contributed by atoms with Crippen molar-refractivity contribution in [1.29, 1.82) is 0 Å². The largest absolute Gasteiger partial charge is 0.396 e. The fourth-order valence-electron chi connectivity index (χ4n) is 7.52. The Morgan fingerprint density at radius 3 is 1.21 bits per heavy atom. The Balaban J connectivity index is 1.88. The number of hydrogen-bond donors (Lipinski definition) is 0. The first-order chi connectivity index (χ1) is 18.7. The highest BCUT2D eigenvalue weighted by molar-refractivity contribution is 7.69. The second kappa shape index (κ2) is 10.9. The predicted octanol–water partition coefficient (Wildman–Crippen LogP) is 6.53. The first kappa shape index (κ1) is 27.5. The molecular formula is C34H42BN2Si2. The Bertz CT molecular complexity index is 1320. The molecule has 1 heterocycles. The van der Waals surface area contributed by atoms with Gasteiger partial charge in [-0.05, 0) is 63.8 Å². The van der Waals surface area contributed by atoms with Gasteiger partial charge in [0.15, 0.2) is 0 Å². The average molecular weight is 546 g/mol. The summed E-state index contributed by atoms with van der Waals surface area (Å²) in [4.78, 5) is 5.65. The molecule has 0 N–H and O–H groups in total. The third-order valence-corrected chi connectivity index (χ3v) is 21.4. The van der Waals surface area contributed by atoms with Gasteiger partial charge in [-0.15, -0.1) is 0 Å². The zero-order valence-electron chi connectivity index (χ0n) is 25.0. The maximum Gasteiger partial charge on any atom is 0.364 e. The molecule has 4 aromatic rings. The van der Waals surface area contributed by atoms with Gasteiger partial charge in [0.2, 0.25) is 0 Å². The lowest BCUT2D eigenvalue weighted by atomic mass is 9.94. The molecule has 2 nitrogen and oxygen atoms in total. The Hall–Kier alpha value is -3.02. The van der Waals surface area contributed by atoms with Gasteiger partial charge < -0.3 is 9.62 Å². The van der Waals surface area contributed by atoms with Crippen LogP contribution in [0.4, 0.5) is 11.4 Å². The van der Waals surface area contributed by atoms with Crippen molar-refractivity contribution in [3.05, 3.63) is 118 Å². The van der Waals surface area contributed by atoms with Gasteiger partial charge in [0, 0.05) is 32.8 Å². The van der Waals surface area contributed by atoms with Crippen LogP contribution in [0, 0.1) is 41.5 Å². The summed E-state index contributed by atoms with van der Waals surface area (Å²) in [6, 6.07) is 32.7. The number of nitrogens with zero attached hydrogens (tertiary/aromatic N) is 2. The molecule has 1 fully saturated rings. The van der Waals surface area contributed by atoms with Crippen molar-refractivity contribution in [2.45, 2.75) is 54.6 Å². The van der Waals surface area contributed by atoms with Gasteiger partial charge >= 0.3 is 6.57 Å². The van der Waals surface area contributed by atoms with Crippen LogP contribution in [-0.4, -0.2) is 35.4 Å².